The number of carbonyl (C=O) groups is 1. The number of allylic oxidation sites excluding steroid dienone is 3. The molecule has 0 bridgehead atoms. The number of aliphatic carboxylic acids is 1. The predicted octanol–water partition coefficient (Wildman–Crippen LogP) is 1.98. The number of hydrogen-bond acceptors (Lipinski definition) is 1. The predicted molar refractivity (Wildman–Crippen MR) is 40.8 cm³/mol. The molecular weight excluding hydrogens is 128 g/mol. The van der Waals surface area contributed by atoms with Gasteiger partial charge in [-0.25, -0.2) is 4.79 Å². The second-order valence-electron chi connectivity index (χ2n) is 1.91. The summed E-state index contributed by atoms with van der Waals surface area (Å²) in [6.07, 6.45) is 8.43. The molecule has 0 saturated heterocycles. The van der Waals surface area contributed by atoms with Gasteiger partial charge < -0.3 is 5.11 Å². The molecule has 0 aromatic carbocycles. The molecule has 0 aromatic heterocycles. The van der Waals surface area contributed by atoms with Gasteiger partial charge in [-0.3, -0.25) is 0 Å². The molecule has 1 N–H and O–H groups in total. The first-order chi connectivity index (χ1) is 4.77. The van der Waals surface area contributed by atoms with Crippen molar-refractivity contribution >= 4 is 5.97 Å². The van der Waals surface area contributed by atoms with Gasteiger partial charge >= 0.3 is 5.97 Å². The van der Waals surface area contributed by atoms with Gasteiger partial charge in [0, 0.05) is 6.08 Å². The number of unbranched alkanes of at least 4 members (excludes halogenated alkanes) is 1. The van der Waals surface area contributed by atoms with Gasteiger partial charge in [0.15, 0.2) is 0 Å². The van der Waals surface area contributed by atoms with Crippen LogP contribution >= 0.6 is 0 Å². The highest BCUT2D eigenvalue weighted by Crippen LogP contribution is 1.88. The average molecular weight is 140 g/mol. The average Bonchev–Trinajstić information content (AvgIpc) is 1.87. The first kappa shape index (κ1) is 8.95. The Morgan fingerprint density at radius 1 is 1.50 bits per heavy atom. The van der Waals surface area contributed by atoms with Crippen molar-refractivity contribution in [3.8, 4) is 0 Å². The third kappa shape index (κ3) is 6.95. The van der Waals surface area contributed by atoms with Gasteiger partial charge in [0.05, 0.1) is 0 Å². The molecule has 0 aliphatic rings. The highest BCUT2D eigenvalue weighted by molar-refractivity contribution is 5.80. The summed E-state index contributed by atoms with van der Waals surface area (Å²) in [5.41, 5.74) is 0. The summed E-state index contributed by atoms with van der Waals surface area (Å²) in [5.74, 6) is -0.902. The van der Waals surface area contributed by atoms with E-state index in [4.69, 9.17) is 5.11 Å². The van der Waals surface area contributed by atoms with Gasteiger partial charge in [-0.1, -0.05) is 31.6 Å². The quantitative estimate of drug-likeness (QED) is 0.479. The maximum absolute atomic E-state index is 9.91. The summed E-state index contributed by atoms with van der Waals surface area (Å²) in [6, 6.07) is 0. The number of hydrogen-bond donors (Lipinski definition) is 1. The van der Waals surface area contributed by atoms with Crippen molar-refractivity contribution in [1.29, 1.82) is 0 Å². The van der Waals surface area contributed by atoms with E-state index in [1.54, 1.807) is 6.08 Å². The minimum absolute atomic E-state index is 0.902. The van der Waals surface area contributed by atoms with Gasteiger partial charge in [-0.2, -0.15) is 0 Å². The van der Waals surface area contributed by atoms with Crippen LogP contribution in [0, 0.1) is 0 Å². The van der Waals surface area contributed by atoms with Crippen molar-refractivity contribution < 1.29 is 9.90 Å². The summed E-state index contributed by atoms with van der Waals surface area (Å²) in [6.45, 7) is 2.07. The van der Waals surface area contributed by atoms with Gasteiger partial charge in [-0.05, 0) is 6.42 Å². The van der Waals surface area contributed by atoms with Crippen LogP contribution in [-0.2, 0) is 4.79 Å². The second-order valence-corrected chi connectivity index (χ2v) is 1.91. The third-order valence-corrected chi connectivity index (χ3v) is 0.941. The van der Waals surface area contributed by atoms with Crippen LogP contribution in [-0.4, -0.2) is 11.1 Å². The lowest BCUT2D eigenvalue weighted by molar-refractivity contribution is -0.131. The molecule has 0 aromatic rings. The third-order valence-electron chi connectivity index (χ3n) is 0.941. The van der Waals surface area contributed by atoms with Crippen molar-refractivity contribution in [3.63, 3.8) is 0 Å². The lowest BCUT2D eigenvalue weighted by Gasteiger charge is -1.79. The molecule has 0 spiro atoms. The smallest absolute Gasteiger partial charge is 0.328 e. The Morgan fingerprint density at radius 3 is 2.70 bits per heavy atom. The van der Waals surface area contributed by atoms with Crippen LogP contribution in [0.4, 0.5) is 0 Å². The van der Waals surface area contributed by atoms with Gasteiger partial charge in [-0.15, -0.1) is 0 Å². The largest absolute Gasteiger partial charge is 0.478 e. The highest BCUT2D eigenvalue weighted by atomic mass is 16.4. The maximum atomic E-state index is 9.91. The van der Waals surface area contributed by atoms with Crippen LogP contribution in [0.3, 0.4) is 0 Å². The van der Waals surface area contributed by atoms with Crippen LogP contribution in [0.25, 0.3) is 0 Å². The Hall–Kier alpha value is -1.05. The van der Waals surface area contributed by atoms with E-state index in [9.17, 15) is 4.79 Å². The summed E-state index contributed by atoms with van der Waals surface area (Å²) in [5, 5.41) is 8.15. The molecule has 0 atom stereocenters. The van der Waals surface area contributed by atoms with E-state index in [-0.39, 0.29) is 0 Å². The van der Waals surface area contributed by atoms with Crippen LogP contribution in [0.15, 0.2) is 24.3 Å². The van der Waals surface area contributed by atoms with Crippen molar-refractivity contribution in [2.75, 3.05) is 0 Å². The molecule has 56 valence electrons. The Labute approximate surface area is 60.9 Å². The molecule has 0 amide bonds. The fraction of sp³-hybridized carbons (Fsp3) is 0.375. The van der Waals surface area contributed by atoms with Crippen LogP contribution < -0.4 is 0 Å². The van der Waals surface area contributed by atoms with Crippen LogP contribution in [0.1, 0.15) is 19.8 Å². The normalized spacial score (nSPS) is 11.3. The fourth-order valence-corrected chi connectivity index (χ4v) is 0.479. The van der Waals surface area contributed by atoms with E-state index in [1.165, 1.54) is 6.08 Å². The summed E-state index contributed by atoms with van der Waals surface area (Å²) in [4.78, 5) is 9.91. The Morgan fingerprint density at radius 2 is 2.20 bits per heavy atom. The molecule has 0 heterocycles. The van der Waals surface area contributed by atoms with Gasteiger partial charge in [0.1, 0.15) is 0 Å². The van der Waals surface area contributed by atoms with Crippen LogP contribution in [0.5, 0.6) is 0 Å². The lowest BCUT2D eigenvalue weighted by Crippen LogP contribution is -1.84. The first-order valence-electron chi connectivity index (χ1n) is 3.33. The molecule has 0 unspecified atom stereocenters. The fourth-order valence-electron chi connectivity index (χ4n) is 0.479. The van der Waals surface area contributed by atoms with E-state index >= 15 is 0 Å². The highest BCUT2D eigenvalue weighted by Gasteiger charge is 1.79. The van der Waals surface area contributed by atoms with E-state index in [1.807, 2.05) is 6.08 Å². The zero-order valence-corrected chi connectivity index (χ0v) is 6.08. The van der Waals surface area contributed by atoms with E-state index < -0.39 is 5.97 Å². The minimum Gasteiger partial charge on any atom is -0.478 e. The standard InChI is InChI=1S/C8H12O2/c1-2-3-4-5-6-7-8(9)10/h4-7H,2-3H2,1H3,(H,9,10)/b5-4+,7-6+. The Balaban J connectivity index is 3.42. The van der Waals surface area contributed by atoms with Crippen molar-refractivity contribution in [2.24, 2.45) is 0 Å². The number of carboxylic acid groups (broad SMARTS) is 1. The topological polar surface area (TPSA) is 37.3 Å². The van der Waals surface area contributed by atoms with Crippen molar-refractivity contribution in [2.45, 2.75) is 19.8 Å². The zero-order valence-electron chi connectivity index (χ0n) is 6.08. The second kappa shape index (κ2) is 6.08. The number of rotatable bonds is 4. The minimum atomic E-state index is -0.902. The molecular formula is C8H12O2. The number of carboxylic acids is 1. The molecule has 0 saturated carbocycles. The summed E-state index contributed by atoms with van der Waals surface area (Å²) < 4.78 is 0. The molecule has 0 aliphatic heterocycles. The molecule has 0 rings (SSSR count). The molecule has 0 aliphatic carbocycles. The Bertz CT molecular complexity index is 145. The van der Waals surface area contributed by atoms with E-state index in [0.717, 1.165) is 18.9 Å². The van der Waals surface area contributed by atoms with E-state index in [2.05, 4.69) is 6.92 Å². The molecule has 2 heteroatoms. The van der Waals surface area contributed by atoms with Gasteiger partial charge in [0.25, 0.3) is 0 Å². The molecule has 0 fully saturated rings. The zero-order chi connectivity index (χ0) is 7.82. The lowest BCUT2D eigenvalue weighted by atomic mass is 10.3. The van der Waals surface area contributed by atoms with Gasteiger partial charge in [0.2, 0.25) is 0 Å². The van der Waals surface area contributed by atoms with Crippen molar-refractivity contribution in [1.82, 2.24) is 0 Å². The van der Waals surface area contributed by atoms with E-state index in [0.29, 0.717) is 0 Å². The van der Waals surface area contributed by atoms with Crippen LogP contribution in [0.2, 0.25) is 0 Å². The maximum Gasteiger partial charge on any atom is 0.328 e. The SMILES string of the molecule is CCC/C=C/C=C/C(=O)O. The molecule has 10 heavy (non-hydrogen) atoms. The first-order valence-corrected chi connectivity index (χ1v) is 3.33. The summed E-state index contributed by atoms with van der Waals surface area (Å²) in [7, 11) is 0. The monoisotopic (exact) mass is 140 g/mol. The molecule has 2 nitrogen and oxygen atoms in total. The molecule has 0 radical (unpaired) electrons. The Kier molecular flexibility index (Phi) is 5.44. The summed E-state index contributed by atoms with van der Waals surface area (Å²) >= 11 is 0. The van der Waals surface area contributed by atoms with Crippen molar-refractivity contribution in [3.05, 3.63) is 24.3 Å².